The molecular formula is C12H15N3O4S2. The van der Waals surface area contributed by atoms with E-state index in [0.29, 0.717) is 17.2 Å². The van der Waals surface area contributed by atoms with Gasteiger partial charge in [-0.15, -0.1) is 0 Å². The minimum atomic E-state index is -3.01. The van der Waals surface area contributed by atoms with Crippen LogP contribution < -0.4 is 10.6 Å². The quantitative estimate of drug-likeness (QED) is 0.492. The van der Waals surface area contributed by atoms with Gasteiger partial charge in [0.15, 0.2) is 14.9 Å². The second-order valence-electron chi connectivity index (χ2n) is 5.29. The number of thiocarbonyl (C=S) groups is 1. The molecule has 1 atom stereocenters. The molecule has 0 saturated carbocycles. The van der Waals surface area contributed by atoms with E-state index in [4.69, 9.17) is 12.2 Å². The summed E-state index contributed by atoms with van der Waals surface area (Å²) >= 11 is 5.15. The Morgan fingerprint density at radius 2 is 2.00 bits per heavy atom. The summed E-state index contributed by atoms with van der Waals surface area (Å²) in [4.78, 5) is 10.1. The Morgan fingerprint density at radius 1 is 1.38 bits per heavy atom. The Labute approximate surface area is 127 Å². The van der Waals surface area contributed by atoms with Gasteiger partial charge in [0, 0.05) is 17.8 Å². The maximum absolute atomic E-state index is 11.5. The summed E-state index contributed by atoms with van der Waals surface area (Å²) < 4.78 is 23.0. The molecule has 1 aromatic rings. The lowest BCUT2D eigenvalue weighted by Gasteiger charge is -2.25. The Hall–Kier alpha value is -1.74. The molecule has 0 amide bonds. The molecule has 1 aliphatic rings. The highest BCUT2D eigenvalue weighted by Gasteiger charge is 2.38. The van der Waals surface area contributed by atoms with Crippen molar-refractivity contribution in [1.82, 2.24) is 5.32 Å². The Balaban J connectivity index is 1.97. The largest absolute Gasteiger partial charge is 0.356 e. The summed E-state index contributed by atoms with van der Waals surface area (Å²) in [6, 6.07) is 5.82. The first-order chi connectivity index (χ1) is 9.69. The smallest absolute Gasteiger partial charge is 0.269 e. The van der Waals surface area contributed by atoms with Crippen LogP contribution in [0.3, 0.4) is 0 Å². The van der Waals surface area contributed by atoms with Crippen molar-refractivity contribution in [3.63, 3.8) is 0 Å². The summed E-state index contributed by atoms with van der Waals surface area (Å²) in [6.07, 6.45) is 0.497. The predicted molar refractivity (Wildman–Crippen MR) is 84.1 cm³/mol. The van der Waals surface area contributed by atoms with E-state index in [-0.39, 0.29) is 17.2 Å². The second-order valence-corrected chi connectivity index (χ2v) is 7.88. The van der Waals surface area contributed by atoms with Crippen LogP contribution in [0, 0.1) is 10.1 Å². The molecule has 9 heteroatoms. The van der Waals surface area contributed by atoms with Crippen molar-refractivity contribution >= 4 is 38.5 Å². The highest BCUT2D eigenvalue weighted by Crippen LogP contribution is 2.23. The lowest BCUT2D eigenvalue weighted by atomic mass is 10.0. The van der Waals surface area contributed by atoms with E-state index < -0.39 is 20.3 Å². The van der Waals surface area contributed by atoms with Gasteiger partial charge in [-0.1, -0.05) is 0 Å². The maximum atomic E-state index is 11.5. The van der Waals surface area contributed by atoms with Crippen LogP contribution in [0.1, 0.15) is 13.3 Å². The first-order valence-corrected chi connectivity index (χ1v) is 8.46. The summed E-state index contributed by atoms with van der Waals surface area (Å²) in [6.45, 7) is 1.81. The van der Waals surface area contributed by atoms with Crippen LogP contribution in [0.15, 0.2) is 24.3 Å². The first kappa shape index (κ1) is 15.6. The van der Waals surface area contributed by atoms with E-state index in [1.807, 2.05) is 0 Å². The van der Waals surface area contributed by atoms with Crippen molar-refractivity contribution in [2.75, 3.05) is 16.8 Å². The van der Waals surface area contributed by atoms with Crippen LogP contribution in [0.2, 0.25) is 0 Å². The third kappa shape index (κ3) is 4.11. The molecule has 21 heavy (non-hydrogen) atoms. The Kier molecular flexibility index (Phi) is 4.15. The number of benzene rings is 1. The summed E-state index contributed by atoms with van der Waals surface area (Å²) in [5.41, 5.74) is 0.0137. The molecule has 0 spiro atoms. The molecule has 1 aromatic carbocycles. The van der Waals surface area contributed by atoms with E-state index in [1.165, 1.54) is 12.1 Å². The van der Waals surface area contributed by atoms with Gasteiger partial charge in [0.1, 0.15) is 0 Å². The van der Waals surface area contributed by atoms with Gasteiger partial charge in [-0.3, -0.25) is 10.1 Å². The summed E-state index contributed by atoms with van der Waals surface area (Å²) in [5.74, 6) is 0.193. The van der Waals surface area contributed by atoms with Gasteiger partial charge >= 0.3 is 0 Å². The lowest BCUT2D eigenvalue weighted by Crippen LogP contribution is -2.48. The molecule has 7 nitrogen and oxygen atoms in total. The van der Waals surface area contributed by atoms with Gasteiger partial charge in [-0.05, 0) is 37.7 Å². The molecule has 0 aromatic heterocycles. The number of nitro groups is 1. The minimum absolute atomic E-state index is 0.00623. The molecule has 0 unspecified atom stereocenters. The zero-order valence-electron chi connectivity index (χ0n) is 11.3. The highest BCUT2D eigenvalue weighted by molar-refractivity contribution is 7.91. The van der Waals surface area contributed by atoms with Crippen LogP contribution in [0.25, 0.3) is 0 Å². The molecule has 1 aliphatic heterocycles. The van der Waals surface area contributed by atoms with Gasteiger partial charge in [0.2, 0.25) is 0 Å². The SMILES string of the molecule is C[C@]1(NC(=S)Nc2ccc([N+](=O)[O-])cc2)CCS(=O)(=O)C1. The molecule has 2 rings (SSSR count). The van der Waals surface area contributed by atoms with E-state index in [1.54, 1.807) is 19.1 Å². The number of hydrogen-bond donors (Lipinski definition) is 2. The standard InChI is InChI=1S/C12H15N3O4S2/c1-12(6-7-21(18,19)8-12)14-11(20)13-9-2-4-10(5-3-9)15(16)17/h2-5H,6-8H2,1H3,(H2,13,14,20)/t12-/m0/s1. The van der Waals surface area contributed by atoms with Crippen molar-refractivity contribution in [3.05, 3.63) is 34.4 Å². The normalized spacial score (nSPS) is 23.5. The Bertz CT molecular complexity index is 672. The molecule has 0 radical (unpaired) electrons. The van der Waals surface area contributed by atoms with Gasteiger partial charge in [-0.2, -0.15) is 0 Å². The lowest BCUT2D eigenvalue weighted by molar-refractivity contribution is -0.384. The number of sulfone groups is 1. The van der Waals surface area contributed by atoms with Crippen molar-refractivity contribution < 1.29 is 13.3 Å². The number of nitro benzene ring substituents is 1. The molecular weight excluding hydrogens is 314 g/mol. The van der Waals surface area contributed by atoms with E-state index in [9.17, 15) is 18.5 Å². The third-order valence-corrected chi connectivity index (χ3v) is 5.36. The minimum Gasteiger partial charge on any atom is -0.356 e. The third-order valence-electron chi connectivity index (χ3n) is 3.25. The van der Waals surface area contributed by atoms with E-state index >= 15 is 0 Å². The highest BCUT2D eigenvalue weighted by atomic mass is 32.2. The number of nitrogens with one attached hydrogen (secondary N) is 2. The molecule has 1 fully saturated rings. The van der Waals surface area contributed by atoms with E-state index in [0.717, 1.165) is 0 Å². The fourth-order valence-electron chi connectivity index (χ4n) is 2.21. The van der Waals surface area contributed by atoms with Crippen LogP contribution in [0.5, 0.6) is 0 Å². The Morgan fingerprint density at radius 3 is 2.48 bits per heavy atom. The van der Waals surface area contributed by atoms with Gasteiger partial charge in [0.25, 0.3) is 5.69 Å². The van der Waals surface area contributed by atoms with Crippen LogP contribution in [-0.2, 0) is 9.84 Å². The molecule has 1 saturated heterocycles. The average molecular weight is 329 g/mol. The van der Waals surface area contributed by atoms with Crippen molar-refractivity contribution in [1.29, 1.82) is 0 Å². The predicted octanol–water partition coefficient (Wildman–Crippen LogP) is 1.46. The van der Waals surface area contributed by atoms with E-state index in [2.05, 4.69) is 10.6 Å². The topological polar surface area (TPSA) is 101 Å². The molecule has 1 heterocycles. The monoisotopic (exact) mass is 329 g/mol. The van der Waals surface area contributed by atoms with Gasteiger partial charge in [0.05, 0.1) is 22.0 Å². The van der Waals surface area contributed by atoms with Gasteiger partial charge in [-0.25, -0.2) is 8.42 Å². The first-order valence-electron chi connectivity index (χ1n) is 6.23. The van der Waals surface area contributed by atoms with Crippen LogP contribution in [0.4, 0.5) is 11.4 Å². The number of hydrogen-bond acceptors (Lipinski definition) is 5. The van der Waals surface area contributed by atoms with Crippen LogP contribution in [-0.4, -0.2) is 35.5 Å². The van der Waals surface area contributed by atoms with Crippen molar-refractivity contribution in [2.45, 2.75) is 18.9 Å². The number of non-ortho nitro benzene ring substituents is 1. The number of nitrogens with zero attached hydrogens (tertiary/aromatic N) is 1. The second kappa shape index (κ2) is 5.57. The molecule has 114 valence electrons. The zero-order chi connectivity index (χ0) is 15.7. The van der Waals surface area contributed by atoms with Crippen LogP contribution >= 0.6 is 12.2 Å². The molecule has 0 aliphatic carbocycles. The number of rotatable bonds is 3. The van der Waals surface area contributed by atoms with Gasteiger partial charge < -0.3 is 10.6 Å². The molecule has 2 N–H and O–H groups in total. The fraction of sp³-hybridized carbons (Fsp3) is 0.417. The number of anilines is 1. The summed E-state index contributed by atoms with van der Waals surface area (Å²) in [7, 11) is -3.01. The van der Waals surface area contributed by atoms with Crippen molar-refractivity contribution in [2.24, 2.45) is 0 Å². The van der Waals surface area contributed by atoms with Crippen molar-refractivity contribution in [3.8, 4) is 0 Å². The fourth-order valence-corrected chi connectivity index (χ4v) is 4.67. The molecule has 0 bridgehead atoms. The zero-order valence-corrected chi connectivity index (χ0v) is 13.0. The average Bonchev–Trinajstić information content (AvgIpc) is 2.63. The summed E-state index contributed by atoms with van der Waals surface area (Å²) in [5, 5.41) is 16.7. The maximum Gasteiger partial charge on any atom is 0.269 e.